The van der Waals surface area contributed by atoms with E-state index in [1.807, 2.05) is 81.4 Å². The second-order valence-corrected chi connectivity index (χ2v) is 9.26. The van der Waals surface area contributed by atoms with Crippen LogP contribution in [0.1, 0.15) is 20.8 Å². The molecule has 0 radical (unpaired) electrons. The third kappa shape index (κ3) is 8.73. The van der Waals surface area contributed by atoms with Crippen molar-refractivity contribution in [3.05, 3.63) is 60.7 Å². The molecule has 1 amide bonds. The lowest BCUT2D eigenvalue weighted by atomic mass is 10.2. The summed E-state index contributed by atoms with van der Waals surface area (Å²) in [5.74, 6) is 1.04. The first-order valence-electron chi connectivity index (χ1n) is 8.87. The zero-order valence-corrected chi connectivity index (χ0v) is 17.6. The van der Waals surface area contributed by atoms with Crippen molar-refractivity contribution in [1.29, 1.82) is 0 Å². The van der Waals surface area contributed by atoms with E-state index in [9.17, 15) is 9.90 Å². The molecule has 6 heteroatoms. The number of ether oxygens (including phenoxy) is 1. The van der Waals surface area contributed by atoms with Crippen molar-refractivity contribution in [3.63, 3.8) is 0 Å². The summed E-state index contributed by atoms with van der Waals surface area (Å²) in [4.78, 5) is 14.4. The number of thioether (sulfide) groups is 2. The van der Waals surface area contributed by atoms with Crippen molar-refractivity contribution < 1.29 is 14.6 Å². The summed E-state index contributed by atoms with van der Waals surface area (Å²) < 4.78 is 5.36. The first-order valence-corrected chi connectivity index (χ1v) is 10.8. The minimum Gasteiger partial charge on any atom is -0.444 e. The Hall–Kier alpha value is -1.63. The maximum Gasteiger partial charge on any atom is 0.407 e. The second kappa shape index (κ2) is 10.6. The van der Waals surface area contributed by atoms with Gasteiger partial charge in [0, 0.05) is 21.3 Å². The minimum atomic E-state index is -0.695. The van der Waals surface area contributed by atoms with Crippen molar-refractivity contribution in [1.82, 2.24) is 5.32 Å². The van der Waals surface area contributed by atoms with Gasteiger partial charge in [-0.25, -0.2) is 4.79 Å². The number of carbonyl (C=O) groups is 1. The average Bonchev–Trinajstić information content (AvgIpc) is 2.63. The highest BCUT2D eigenvalue weighted by Gasteiger charge is 2.25. The normalized spacial score (nSPS) is 13.6. The molecule has 2 aromatic rings. The molecule has 4 nitrogen and oxygen atoms in total. The molecular weight excluding hydrogens is 378 g/mol. The predicted octanol–water partition coefficient (Wildman–Crippen LogP) is 4.83. The first-order chi connectivity index (χ1) is 12.8. The quantitative estimate of drug-likeness (QED) is 0.616. The SMILES string of the molecule is CC(C)(C)OC(=O)N[C@@H](CSc1ccccc1)C(O)CSc1ccccc1. The lowest BCUT2D eigenvalue weighted by molar-refractivity contribution is 0.0455. The molecule has 2 aromatic carbocycles. The van der Waals surface area contributed by atoms with Crippen LogP contribution >= 0.6 is 23.5 Å². The summed E-state index contributed by atoms with van der Waals surface area (Å²) in [5.41, 5.74) is -0.578. The molecule has 0 aliphatic rings. The number of hydrogen-bond acceptors (Lipinski definition) is 5. The zero-order chi connectivity index (χ0) is 19.7. The molecule has 0 saturated heterocycles. The van der Waals surface area contributed by atoms with Gasteiger partial charge in [0.05, 0.1) is 12.1 Å². The Kier molecular flexibility index (Phi) is 8.54. The average molecular weight is 406 g/mol. The molecule has 0 aromatic heterocycles. The summed E-state index contributed by atoms with van der Waals surface area (Å²) in [6, 6.07) is 19.4. The number of rotatable bonds is 8. The monoisotopic (exact) mass is 405 g/mol. The van der Waals surface area contributed by atoms with E-state index in [0.29, 0.717) is 11.5 Å². The van der Waals surface area contributed by atoms with Gasteiger partial charge < -0.3 is 15.2 Å². The molecular formula is C21H27NO3S2. The van der Waals surface area contributed by atoms with Crippen molar-refractivity contribution in [2.45, 2.75) is 48.3 Å². The van der Waals surface area contributed by atoms with Crippen molar-refractivity contribution >= 4 is 29.6 Å². The van der Waals surface area contributed by atoms with Gasteiger partial charge in [-0.1, -0.05) is 36.4 Å². The molecule has 0 aliphatic carbocycles. The summed E-state index contributed by atoms with van der Waals surface area (Å²) in [5, 5.41) is 13.5. The van der Waals surface area contributed by atoms with E-state index in [1.54, 1.807) is 23.5 Å². The number of hydrogen-bond donors (Lipinski definition) is 2. The maximum absolute atomic E-state index is 12.2. The number of nitrogens with one attached hydrogen (secondary N) is 1. The van der Waals surface area contributed by atoms with Gasteiger partial charge in [-0.3, -0.25) is 0 Å². The zero-order valence-electron chi connectivity index (χ0n) is 15.9. The van der Waals surface area contributed by atoms with Crippen LogP contribution < -0.4 is 5.32 Å². The minimum absolute atomic E-state index is 0.415. The van der Waals surface area contributed by atoms with Gasteiger partial charge in [-0.2, -0.15) is 0 Å². The number of benzene rings is 2. The van der Waals surface area contributed by atoms with E-state index in [1.165, 1.54) is 0 Å². The molecule has 2 rings (SSSR count). The molecule has 146 valence electrons. The van der Waals surface area contributed by atoms with Crippen LogP contribution in [0, 0.1) is 0 Å². The Labute approximate surface area is 170 Å². The van der Waals surface area contributed by atoms with E-state index in [2.05, 4.69) is 5.32 Å². The topological polar surface area (TPSA) is 58.6 Å². The van der Waals surface area contributed by atoms with Crippen LogP contribution in [0.2, 0.25) is 0 Å². The number of aliphatic hydroxyl groups is 1. The molecule has 0 aliphatic heterocycles. The molecule has 0 bridgehead atoms. The molecule has 27 heavy (non-hydrogen) atoms. The third-order valence-electron chi connectivity index (χ3n) is 3.50. The highest BCUT2D eigenvalue weighted by Crippen LogP contribution is 2.23. The van der Waals surface area contributed by atoms with Crippen LogP contribution in [-0.2, 0) is 4.74 Å². The van der Waals surface area contributed by atoms with E-state index >= 15 is 0 Å². The Balaban J connectivity index is 1.97. The van der Waals surface area contributed by atoms with Crippen molar-refractivity contribution in [2.75, 3.05) is 11.5 Å². The molecule has 0 spiro atoms. The van der Waals surface area contributed by atoms with Crippen molar-refractivity contribution in [2.24, 2.45) is 0 Å². The maximum atomic E-state index is 12.2. The van der Waals surface area contributed by atoms with Crippen LogP contribution in [-0.4, -0.2) is 40.5 Å². The lowest BCUT2D eigenvalue weighted by Crippen LogP contribution is -2.47. The molecule has 0 fully saturated rings. The summed E-state index contributed by atoms with van der Waals surface area (Å²) in [7, 11) is 0. The fraction of sp³-hybridized carbons (Fsp3) is 0.381. The smallest absolute Gasteiger partial charge is 0.407 e. The fourth-order valence-electron chi connectivity index (χ4n) is 2.23. The van der Waals surface area contributed by atoms with Gasteiger partial charge in [0.15, 0.2) is 0 Å². The van der Waals surface area contributed by atoms with Gasteiger partial charge >= 0.3 is 6.09 Å². The number of alkyl carbamates (subject to hydrolysis) is 1. The number of aliphatic hydroxyl groups excluding tert-OH is 1. The summed E-state index contributed by atoms with van der Waals surface area (Å²) in [6.07, 6.45) is -1.20. The molecule has 0 heterocycles. The Morgan fingerprint density at radius 1 is 0.963 bits per heavy atom. The summed E-state index contributed by atoms with van der Waals surface area (Å²) in [6.45, 7) is 5.46. The van der Waals surface area contributed by atoms with E-state index in [-0.39, 0.29) is 0 Å². The van der Waals surface area contributed by atoms with E-state index in [0.717, 1.165) is 9.79 Å². The van der Waals surface area contributed by atoms with E-state index < -0.39 is 23.8 Å². The number of carbonyl (C=O) groups excluding carboxylic acids is 1. The Morgan fingerprint density at radius 3 is 1.93 bits per heavy atom. The van der Waals surface area contributed by atoms with E-state index in [4.69, 9.17) is 4.74 Å². The second-order valence-electron chi connectivity index (χ2n) is 7.07. The van der Waals surface area contributed by atoms with Crippen molar-refractivity contribution in [3.8, 4) is 0 Å². The lowest BCUT2D eigenvalue weighted by Gasteiger charge is -2.26. The first kappa shape index (κ1) is 21.7. The predicted molar refractivity (Wildman–Crippen MR) is 113 cm³/mol. The van der Waals surface area contributed by atoms with Gasteiger partial charge in [0.25, 0.3) is 0 Å². The fourth-order valence-corrected chi connectivity index (χ4v) is 4.20. The van der Waals surface area contributed by atoms with Crippen LogP contribution in [0.15, 0.2) is 70.5 Å². The van der Waals surface area contributed by atoms with Crippen LogP contribution in [0.4, 0.5) is 4.79 Å². The highest BCUT2D eigenvalue weighted by molar-refractivity contribution is 7.99. The molecule has 0 saturated carbocycles. The van der Waals surface area contributed by atoms with Gasteiger partial charge in [0.2, 0.25) is 0 Å². The summed E-state index contributed by atoms with van der Waals surface area (Å²) >= 11 is 3.17. The Bertz CT molecular complexity index is 690. The van der Waals surface area contributed by atoms with Crippen LogP contribution in [0.3, 0.4) is 0 Å². The Morgan fingerprint density at radius 2 is 1.44 bits per heavy atom. The van der Waals surface area contributed by atoms with Gasteiger partial charge in [-0.15, -0.1) is 23.5 Å². The largest absolute Gasteiger partial charge is 0.444 e. The standard InChI is InChI=1S/C21H27NO3S2/c1-21(2,3)25-20(24)22-18(14-26-16-10-6-4-7-11-16)19(23)15-27-17-12-8-5-9-13-17/h4-13,18-19,23H,14-15H2,1-3H3,(H,22,24)/t18-,19?/m0/s1. The number of amides is 1. The molecule has 1 unspecified atom stereocenters. The third-order valence-corrected chi connectivity index (χ3v) is 5.75. The molecule has 2 N–H and O–H groups in total. The van der Waals surface area contributed by atoms with Crippen LogP contribution in [0.5, 0.6) is 0 Å². The van der Waals surface area contributed by atoms with Crippen LogP contribution in [0.25, 0.3) is 0 Å². The van der Waals surface area contributed by atoms with Gasteiger partial charge in [0.1, 0.15) is 5.60 Å². The van der Waals surface area contributed by atoms with Gasteiger partial charge in [-0.05, 0) is 45.0 Å². The molecule has 2 atom stereocenters. The highest BCUT2D eigenvalue weighted by atomic mass is 32.2.